The highest BCUT2D eigenvalue weighted by atomic mass is 16.5. The number of benzene rings is 2. The summed E-state index contributed by atoms with van der Waals surface area (Å²) >= 11 is 0. The molecule has 0 aliphatic carbocycles. The SMILES string of the molecule is COc1ccc(OC)c(N2CCN(C(=O)NCCCc3ccccc3)CC2)c1. The number of aryl methyl sites for hydroxylation is 1. The summed E-state index contributed by atoms with van der Waals surface area (Å²) in [5.74, 6) is 1.62. The van der Waals surface area contributed by atoms with E-state index in [0.717, 1.165) is 43.1 Å². The van der Waals surface area contributed by atoms with Crippen LogP contribution in [0.15, 0.2) is 48.5 Å². The van der Waals surface area contributed by atoms with Gasteiger partial charge in [-0.05, 0) is 30.5 Å². The predicted molar refractivity (Wildman–Crippen MR) is 111 cm³/mol. The second-order valence-corrected chi connectivity index (χ2v) is 6.83. The lowest BCUT2D eigenvalue weighted by atomic mass is 10.1. The molecule has 6 heteroatoms. The largest absolute Gasteiger partial charge is 0.497 e. The fraction of sp³-hybridized carbons (Fsp3) is 0.409. The van der Waals surface area contributed by atoms with Crippen LogP contribution in [0.25, 0.3) is 0 Å². The van der Waals surface area contributed by atoms with Crippen LogP contribution in [0.3, 0.4) is 0 Å². The van der Waals surface area contributed by atoms with Crippen molar-refractivity contribution in [1.29, 1.82) is 0 Å². The molecule has 1 saturated heterocycles. The Kier molecular flexibility index (Phi) is 7.00. The number of methoxy groups -OCH3 is 2. The number of rotatable bonds is 7. The standard InChI is InChI=1S/C22H29N3O3/c1-27-19-10-11-21(28-2)20(17-19)24-13-15-25(16-14-24)22(26)23-12-6-9-18-7-4-3-5-8-18/h3-5,7-8,10-11,17H,6,9,12-16H2,1-2H3,(H,23,26). The van der Waals surface area contributed by atoms with E-state index in [2.05, 4.69) is 22.3 Å². The number of nitrogens with one attached hydrogen (secondary N) is 1. The third kappa shape index (κ3) is 5.09. The average molecular weight is 383 g/mol. The van der Waals surface area contributed by atoms with Gasteiger partial charge in [-0.2, -0.15) is 0 Å². The molecule has 0 radical (unpaired) electrons. The zero-order chi connectivity index (χ0) is 19.8. The Hall–Kier alpha value is -2.89. The van der Waals surface area contributed by atoms with Crippen LogP contribution in [0.5, 0.6) is 11.5 Å². The van der Waals surface area contributed by atoms with Crippen LogP contribution < -0.4 is 19.7 Å². The Morgan fingerprint density at radius 1 is 1.00 bits per heavy atom. The number of nitrogens with zero attached hydrogens (tertiary/aromatic N) is 2. The highest BCUT2D eigenvalue weighted by Crippen LogP contribution is 2.32. The summed E-state index contributed by atoms with van der Waals surface area (Å²) in [6.07, 6.45) is 1.92. The van der Waals surface area contributed by atoms with Crippen molar-refractivity contribution in [2.75, 3.05) is 51.8 Å². The van der Waals surface area contributed by atoms with Crippen molar-refractivity contribution in [1.82, 2.24) is 10.2 Å². The van der Waals surface area contributed by atoms with Gasteiger partial charge >= 0.3 is 6.03 Å². The summed E-state index contributed by atoms with van der Waals surface area (Å²) in [6.45, 7) is 3.59. The molecular formula is C22H29N3O3. The minimum Gasteiger partial charge on any atom is -0.497 e. The summed E-state index contributed by atoms with van der Waals surface area (Å²) in [7, 11) is 3.33. The van der Waals surface area contributed by atoms with Gasteiger partial charge in [0.05, 0.1) is 19.9 Å². The van der Waals surface area contributed by atoms with Crippen LogP contribution in [0, 0.1) is 0 Å². The summed E-state index contributed by atoms with van der Waals surface area (Å²) in [6, 6.07) is 16.2. The number of carbonyl (C=O) groups is 1. The highest BCUT2D eigenvalue weighted by molar-refractivity contribution is 5.74. The molecule has 2 aromatic rings. The van der Waals surface area contributed by atoms with E-state index in [-0.39, 0.29) is 6.03 Å². The van der Waals surface area contributed by atoms with Gasteiger partial charge in [-0.25, -0.2) is 4.79 Å². The average Bonchev–Trinajstić information content (AvgIpc) is 2.77. The molecule has 1 aliphatic heterocycles. The van der Waals surface area contributed by atoms with E-state index in [9.17, 15) is 4.79 Å². The van der Waals surface area contributed by atoms with Gasteiger partial charge in [-0.1, -0.05) is 30.3 Å². The molecule has 0 saturated carbocycles. The van der Waals surface area contributed by atoms with E-state index >= 15 is 0 Å². The Balaban J connectivity index is 1.45. The van der Waals surface area contributed by atoms with Gasteiger partial charge in [-0.3, -0.25) is 0 Å². The number of hydrogen-bond acceptors (Lipinski definition) is 4. The molecule has 2 aromatic carbocycles. The zero-order valence-electron chi connectivity index (χ0n) is 16.7. The molecule has 1 heterocycles. The number of anilines is 1. The molecule has 1 N–H and O–H groups in total. The lowest BCUT2D eigenvalue weighted by molar-refractivity contribution is 0.194. The van der Waals surface area contributed by atoms with Crippen molar-refractivity contribution in [2.24, 2.45) is 0 Å². The maximum atomic E-state index is 12.4. The van der Waals surface area contributed by atoms with Gasteiger partial charge < -0.3 is 24.6 Å². The first-order valence-corrected chi connectivity index (χ1v) is 9.75. The topological polar surface area (TPSA) is 54.0 Å². The number of urea groups is 1. The third-order valence-electron chi connectivity index (χ3n) is 5.05. The molecule has 1 fully saturated rings. The first kappa shape index (κ1) is 19.9. The summed E-state index contributed by atoms with van der Waals surface area (Å²) in [4.78, 5) is 16.5. The number of amides is 2. The minimum atomic E-state index is 0.0188. The van der Waals surface area contributed by atoms with Crippen molar-refractivity contribution in [3.63, 3.8) is 0 Å². The lowest BCUT2D eigenvalue weighted by Gasteiger charge is -2.36. The molecule has 28 heavy (non-hydrogen) atoms. The molecule has 0 aromatic heterocycles. The minimum absolute atomic E-state index is 0.0188. The van der Waals surface area contributed by atoms with Crippen molar-refractivity contribution >= 4 is 11.7 Å². The van der Waals surface area contributed by atoms with Crippen molar-refractivity contribution in [2.45, 2.75) is 12.8 Å². The van der Waals surface area contributed by atoms with Crippen LogP contribution in [-0.2, 0) is 6.42 Å². The van der Waals surface area contributed by atoms with Crippen molar-refractivity contribution in [3.8, 4) is 11.5 Å². The Bertz CT molecular complexity index is 759. The lowest BCUT2D eigenvalue weighted by Crippen LogP contribution is -2.52. The molecule has 3 rings (SSSR count). The predicted octanol–water partition coefficient (Wildman–Crippen LogP) is 3.17. The zero-order valence-corrected chi connectivity index (χ0v) is 16.7. The van der Waals surface area contributed by atoms with E-state index in [0.29, 0.717) is 19.6 Å². The smallest absolute Gasteiger partial charge is 0.317 e. The number of hydrogen-bond donors (Lipinski definition) is 1. The Morgan fingerprint density at radius 2 is 1.75 bits per heavy atom. The van der Waals surface area contributed by atoms with Crippen LogP contribution in [0.2, 0.25) is 0 Å². The van der Waals surface area contributed by atoms with Gasteiger partial charge in [0, 0.05) is 38.8 Å². The monoisotopic (exact) mass is 383 g/mol. The first-order valence-electron chi connectivity index (χ1n) is 9.75. The summed E-state index contributed by atoms with van der Waals surface area (Å²) < 4.78 is 10.8. The fourth-order valence-electron chi connectivity index (χ4n) is 3.44. The third-order valence-corrected chi connectivity index (χ3v) is 5.05. The normalized spacial score (nSPS) is 13.9. The van der Waals surface area contributed by atoms with Crippen LogP contribution in [-0.4, -0.2) is 57.9 Å². The van der Waals surface area contributed by atoms with Gasteiger partial charge in [0.2, 0.25) is 0 Å². The van der Waals surface area contributed by atoms with Crippen LogP contribution in [0.1, 0.15) is 12.0 Å². The maximum absolute atomic E-state index is 12.4. The number of piperazine rings is 1. The van der Waals surface area contributed by atoms with Crippen LogP contribution in [0.4, 0.5) is 10.5 Å². The second kappa shape index (κ2) is 9.88. The summed E-state index contributed by atoms with van der Waals surface area (Å²) in [5, 5.41) is 3.04. The Labute approximate surface area is 167 Å². The van der Waals surface area contributed by atoms with Gasteiger partial charge in [0.1, 0.15) is 11.5 Å². The molecule has 150 valence electrons. The van der Waals surface area contributed by atoms with E-state index in [1.165, 1.54) is 5.56 Å². The van der Waals surface area contributed by atoms with E-state index in [1.807, 2.05) is 41.3 Å². The number of ether oxygens (including phenoxy) is 2. The van der Waals surface area contributed by atoms with E-state index < -0.39 is 0 Å². The molecular weight excluding hydrogens is 354 g/mol. The molecule has 1 aliphatic rings. The van der Waals surface area contributed by atoms with Crippen molar-refractivity contribution in [3.05, 3.63) is 54.1 Å². The quantitative estimate of drug-likeness (QED) is 0.746. The fourth-order valence-corrected chi connectivity index (χ4v) is 3.44. The number of carbonyl (C=O) groups excluding carboxylic acids is 1. The first-order chi connectivity index (χ1) is 13.7. The molecule has 2 amide bonds. The van der Waals surface area contributed by atoms with Crippen LogP contribution >= 0.6 is 0 Å². The maximum Gasteiger partial charge on any atom is 0.317 e. The van der Waals surface area contributed by atoms with Crippen molar-refractivity contribution < 1.29 is 14.3 Å². The van der Waals surface area contributed by atoms with Gasteiger partial charge in [-0.15, -0.1) is 0 Å². The second-order valence-electron chi connectivity index (χ2n) is 6.83. The molecule has 0 unspecified atom stereocenters. The molecule has 6 nitrogen and oxygen atoms in total. The highest BCUT2D eigenvalue weighted by Gasteiger charge is 2.23. The van der Waals surface area contributed by atoms with Gasteiger partial charge in [0.15, 0.2) is 0 Å². The Morgan fingerprint density at radius 3 is 2.43 bits per heavy atom. The molecule has 0 bridgehead atoms. The molecule has 0 atom stereocenters. The van der Waals surface area contributed by atoms with Gasteiger partial charge in [0.25, 0.3) is 0 Å². The summed E-state index contributed by atoms with van der Waals surface area (Å²) in [5.41, 5.74) is 2.31. The van der Waals surface area contributed by atoms with E-state index in [1.54, 1.807) is 14.2 Å². The van der Waals surface area contributed by atoms with E-state index in [4.69, 9.17) is 9.47 Å². The molecule has 0 spiro atoms.